The summed E-state index contributed by atoms with van der Waals surface area (Å²) in [6, 6.07) is 5.14. The third-order valence-electron chi connectivity index (χ3n) is 9.39. The van der Waals surface area contributed by atoms with Crippen LogP contribution in [-0.4, -0.2) is 133 Å². The lowest BCUT2D eigenvalue weighted by Gasteiger charge is -2.26. The molecule has 0 aliphatic carbocycles. The zero-order valence-electron chi connectivity index (χ0n) is 34.0. The van der Waals surface area contributed by atoms with Crippen LogP contribution in [0, 0.1) is 3.57 Å². The maximum Gasteiger partial charge on any atom is 0.363 e. The van der Waals surface area contributed by atoms with E-state index >= 15 is 0 Å². The van der Waals surface area contributed by atoms with Crippen LogP contribution in [-0.2, 0) is 43.2 Å². The third-order valence-corrected chi connectivity index (χ3v) is 10.0. The Morgan fingerprint density at radius 1 is 0.641 bits per heavy atom. The van der Waals surface area contributed by atoms with Gasteiger partial charge < -0.3 is 57.0 Å². The molecule has 64 heavy (non-hydrogen) atoms. The topological polar surface area (TPSA) is 362 Å². The highest BCUT2D eigenvalue weighted by Crippen LogP contribution is 2.20. The number of hydrogen-bond acceptors (Lipinski definition) is 13. The minimum absolute atomic E-state index is 0.0137. The van der Waals surface area contributed by atoms with Gasteiger partial charge in [-0.3, -0.25) is 43.2 Å². The Kier molecular flexibility index (Phi) is 20.5. The van der Waals surface area contributed by atoms with Gasteiger partial charge in [-0.2, -0.15) is 0 Å². The lowest BCUT2D eigenvalue weighted by atomic mass is 10.0. The fourth-order valence-electron chi connectivity index (χ4n) is 6.03. The molecule has 6 amide bonds. The summed E-state index contributed by atoms with van der Waals surface area (Å²) >= 11 is 1.76. The average molecular weight is 1010 g/mol. The van der Waals surface area contributed by atoms with Crippen LogP contribution >= 0.6 is 22.6 Å². The van der Waals surface area contributed by atoms with Crippen molar-refractivity contribution in [2.45, 2.75) is 101 Å². The van der Waals surface area contributed by atoms with Crippen LogP contribution in [0.5, 0.6) is 0 Å². The van der Waals surface area contributed by atoms with E-state index in [9.17, 15) is 78.3 Å². The first-order valence-electron chi connectivity index (χ1n) is 19.7. The fraction of sp³-hybridized carbons (Fsp3) is 0.425. The number of halogens is 1. The van der Waals surface area contributed by atoms with Crippen molar-refractivity contribution in [1.82, 2.24) is 31.6 Å². The molecule has 10 N–H and O–H groups in total. The van der Waals surface area contributed by atoms with Crippen LogP contribution in [0.15, 0.2) is 48.5 Å². The van der Waals surface area contributed by atoms with Crippen molar-refractivity contribution in [3.63, 3.8) is 0 Å². The maximum atomic E-state index is 13.7. The predicted molar refractivity (Wildman–Crippen MR) is 225 cm³/mol. The summed E-state index contributed by atoms with van der Waals surface area (Å²) in [5, 5.41) is 60.0. The molecule has 0 spiro atoms. The molecule has 24 heteroatoms. The molecule has 1 unspecified atom stereocenters. The molecule has 23 nitrogen and oxygen atoms in total. The SMILES string of the molecule is O=C(O)CC[C@@H](NC(=O)c1cc(I)cc(C(=O)ON2C(=O)CCC2O)c1)C(=O)N[C@H](CCC(=O)O)C(=O)N[C@H](CCC(=O)O)C(=O)N[C@H](CCCCNC(=O)c1ccccc1)C(=O)O. The second kappa shape index (κ2) is 25.4. The van der Waals surface area contributed by atoms with Gasteiger partial charge in [-0.05, 0) is 91.4 Å². The van der Waals surface area contributed by atoms with E-state index in [2.05, 4.69) is 26.6 Å². The number of aliphatic carboxylic acids is 4. The number of rotatable bonds is 26. The molecule has 346 valence electrons. The standard InChI is InChI=1S/C40H47IN6O17/c41-24-19-22(18-23(20-24)40(63)64-47-29(48)12-13-30(47)49)35(57)43-25(9-14-31(50)51)36(58)44-26(10-15-32(52)53)37(59)45-27(11-16-33(54)55)38(60)46-28(39(61)62)8-4-5-17-42-34(56)21-6-2-1-3-7-21/h1-3,6-7,18-20,25-29,48H,4-5,8-17H2,(H,42,56)(H,43,57)(H,44,58)(H,45,59)(H,46,60)(H,50,51)(H,52,53)(H,54,55)(H,61,62)/t25-,26-,27-,28-,29?/m1/s1. The van der Waals surface area contributed by atoms with Crippen LogP contribution in [0.1, 0.15) is 102 Å². The molecule has 1 aliphatic rings. The van der Waals surface area contributed by atoms with Crippen LogP contribution < -0.4 is 26.6 Å². The highest BCUT2D eigenvalue weighted by atomic mass is 127. The number of amides is 6. The molecule has 1 aliphatic heterocycles. The number of benzene rings is 2. The van der Waals surface area contributed by atoms with Crippen molar-refractivity contribution in [2.24, 2.45) is 0 Å². The molecular weight excluding hydrogens is 963 g/mol. The number of hydroxylamine groups is 2. The quantitative estimate of drug-likeness (QED) is 0.0442. The number of hydrogen-bond donors (Lipinski definition) is 10. The minimum Gasteiger partial charge on any atom is -0.481 e. The zero-order valence-corrected chi connectivity index (χ0v) is 36.1. The van der Waals surface area contributed by atoms with Gasteiger partial charge in [-0.15, -0.1) is 5.06 Å². The van der Waals surface area contributed by atoms with E-state index in [-0.39, 0.29) is 49.3 Å². The number of aliphatic hydroxyl groups is 1. The van der Waals surface area contributed by atoms with Crippen molar-refractivity contribution in [2.75, 3.05) is 6.54 Å². The molecule has 0 radical (unpaired) electrons. The van der Waals surface area contributed by atoms with E-state index in [4.69, 9.17) is 4.84 Å². The van der Waals surface area contributed by atoms with E-state index < -0.39 is 128 Å². The number of nitrogens with one attached hydrogen (secondary N) is 5. The molecule has 3 rings (SSSR count). The summed E-state index contributed by atoms with van der Waals surface area (Å²) in [7, 11) is 0. The smallest absolute Gasteiger partial charge is 0.363 e. The molecule has 0 saturated carbocycles. The van der Waals surface area contributed by atoms with Crippen molar-refractivity contribution in [3.8, 4) is 0 Å². The molecule has 2 aromatic rings. The van der Waals surface area contributed by atoms with Gasteiger partial charge in [0.1, 0.15) is 24.2 Å². The molecule has 1 saturated heterocycles. The minimum atomic E-state index is -1.79. The van der Waals surface area contributed by atoms with Crippen LogP contribution in [0.2, 0.25) is 0 Å². The second-order valence-electron chi connectivity index (χ2n) is 14.3. The monoisotopic (exact) mass is 1010 g/mol. The molecular formula is C40H47IN6O17. The van der Waals surface area contributed by atoms with Gasteiger partial charge in [0.2, 0.25) is 17.7 Å². The van der Waals surface area contributed by atoms with E-state index in [1.807, 2.05) is 0 Å². The zero-order chi connectivity index (χ0) is 47.5. The summed E-state index contributed by atoms with van der Waals surface area (Å²) in [6.45, 7) is 0.175. The normalized spacial score (nSPS) is 15.1. The predicted octanol–water partition coefficient (Wildman–Crippen LogP) is 0.136. The second-order valence-corrected chi connectivity index (χ2v) is 15.6. The Labute approximate surface area is 377 Å². The molecule has 0 bridgehead atoms. The van der Waals surface area contributed by atoms with Crippen LogP contribution in [0.4, 0.5) is 0 Å². The summed E-state index contributed by atoms with van der Waals surface area (Å²) in [5.74, 6) is -12.4. The van der Waals surface area contributed by atoms with Gasteiger partial charge >= 0.3 is 29.8 Å². The average Bonchev–Trinajstić information content (AvgIpc) is 3.56. The van der Waals surface area contributed by atoms with E-state index in [1.54, 1.807) is 52.9 Å². The van der Waals surface area contributed by atoms with Crippen LogP contribution in [0.25, 0.3) is 0 Å². The summed E-state index contributed by atoms with van der Waals surface area (Å²) in [5.41, 5.74) is -0.0812. The van der Waals surface area contributed by atoms with Crippen molar-refractivity contribution in [1.29, 1.82) is 0 Å². The third kappa shape index (κ3) is 17.2. The van der Waals surface area contributed by atoms with Crippen molar-refractivity contribution < 1.29 is 83.1 Å². The first-order chi connectivity index (χ1) is 30.2. The Bertz CT molecular complexity index is 2090. The molecule has 0 aromatic heterocycles. The Morgan fingerprint density at radius 2 is 1.14 bits per heavy atom. The fourth-order valence-corrected chi connectivity index (χ4v) is 6.70. The summed E-state index contributed by atoms with van der Waals surface area (Å²) in [4.78, 5) is 143. The summed E-state index contributed by atoms with van der Waals surface area (Å²) < 4.78 is 0.295. The maximum absolute atomic E-state index is 13.7. The number of carbonyl (C=O) groups excluding carboxylic acids is 7. The number of carboxylic acid groups (broad SMARTS) is 4. The van der Waals surface area contributed by atoms with Gasteiger partial charge in [-0.25, -0.2) is 9.59 Å². The van der Waals surface area contributed by atoms with Crippen molar-refractivity contribution in [3.05, 3.63) is 68.8 Å². The lowest BCUT2D eigenvalue weighted by Crippen LogP contribution is -2.58. The number of nitrogens with zero attached hydrogens (tertiary/aromatic N) is 1. The highest BCUT2D eigenvalue weighted by molar-refractivity contribution is 14.1. The number of carbonyl (C=O) groups is 11. The number of aliphatic hydroxyl groups excluding tert-OH is 1. The molecule has 1 heterocycles. The van der Waals surface area contributed by atoms with Gasteiger partial charge in [0, 0.05) is 53.3 Å². The van der Waals surface area contributed by atoms with Crippen molar-refractivity contribution >= 4 is 87.9 Å². The van der Waals surface area contributed by atoms with Gasteiger partial charge in [0.15, 0.2) is 6.23 Å². The van der Waals surface area contributed by atoms with Gasteiger partial charge in [-0.1, -0.05) is 18.2 Å². The molecule has 2 aromatic carbocycles. The van der Waals surface area contributed by atoms with E-state index in [0.717, 1.165) is 6.07 Å². The first kappa shape index (κ1) is 51.6. The Hall–Kier alpha value is -6.70. The highest BCUT2D eigenvalue weighted by Gasteiger charge is 2.35. The molecule has 5 atom stereocenters. The first-order valence-corrected chi connectivity index (χ1v) is 20.8. The Balaban J connectivity index is 1.75. The van der Waals surface area contributed by atoms with Gasteiger partial charge in [0.05, 0.1) is 5.56 Å². The summed E-state index contributed by atoms with van der Waals surface area (Å²) in [6.07, 6.45) is -5.02. The van der Waals surface area contributed by atoms with E-state index in [0.29, 0.717) is 20.6 Å². The Morgan fingerprint density at radius 3 is 1.62 bits per heavy atom. The van der Waals surface area contributed by atoms with Gasteiger partial charge in [0.25, 0.3) is 17.7 Å². The number of carboxylic acids is 4. The number of unbranched alkanes of at least 4 members (excludes halogenated alkanes) is 1. The lowest BCUT2D eigenvalue weighted by molar-refractivity contribution is -0.191. The molecule has 1 fully saturated rings. The van der Waals surface area contributed by atoms with E-state index in [1.165, 1.54) is 12.1 Å². The van der Waals surface area contributed by atoms with Crippen LogP contribution in [0.3, 0.4) is 0 Å². The largest absolute Gasteiger partial charge is 0.481 e.